The summed E-state index contributed by atoms with van der Waals surface area (Å²) < 4.78 is 11.3. The van der Waals surface area contributed by atoms with Gasteiger partial charge in [-0.1, -0.05) is 29.8 Å². The van der Waals surface area contributed by atoms with E-state index >= 15 is 0 Å². The summed E-state index contributed by atoms with van der Waals surface area (Å²) in [6.45, 7) is 4.88. The Hall–Kier alpha value is -1.76. The van der Waals surface area contributed by atoms with Crippen LogP contribution in [0.15, 0.2) is 18.2 Å². The molecule has 4 bridgehead atoms. The summed E-state index contributed by atoms with van der Waals surface area (Å²) >= 11 is 3.93. The first-order valence-corrected chi connectivity index (χ1v) is 12.1. The van der Waals surface area contributed by atoms with Crippen molar-refractivity contribution >= 4 is 27.7 Å². The second-order valence-electron chi connectivity index (χ2n) is 10.2. The highest BCUT2D eigenvalue weighted by molar-refractivity contribution is 9.10. The van der Waals surface area contributed by atoms with Gasteiger partial charge in [0.1, 0.15) is 0 Å². The van der Waals surface area contributed by atoms with Crippen molar-refractivity contribution in [3.05, 3.63) is 23.8 Å². The van der Waals surface area contributed by atoms with Crippen molar-refractivity contribution in [2.75, 3.05) is 13.7 Å². The van der Waals surface area contributed by atoms with Gasteiger partial charge in [-0.3, -0.25) is 20.4 Å². The Kier molecular flexibility index (Phi) is 6.25. The minimum Gasteiger partial charge on any atom is -0.493 e. The lowest BCUT2D eigenvalue weighted by Crippen LogP contribution is -2.60. The molecule has 0 aliphatic heterocycles. The van der Waals surface area contributed by atoms with Gasteiger partial charge in [0.2, 0.25) is 5.91 Å². The Balaban J connectivity index is 1.37. The fourth-order valence-electron chi connectivity index (χ4n) is 6.07. The lowest BCUT2D eigenvalue weighted by Gasteiger charge is -2.59. The van der Waals surface area contributed by atoms with Crippen molar-refractivity contribution in [3.8, 4) is 11.5 Å². The molecule has 170 valence electrons. The number of nitrogens with one attached hydrogen (secondary N) is 2. The van der Waals surface area contributed by atoms with E-state index in [1.165, 1.54) is 6.42 Å². The summed E-state index contributed by atoms with van der Waals surface area (Å²) in [4.78, 5) is 25.8. The van der Waals surface area contributed by atoms with Crippen LogP contribution in [0, 0.1) is 23.2 Å². The summed E-state index contributed by atoms with van der Waals surface area (Å²) in [5.74, 6) is 2.46. The average molecular weight is 493 g/mol. The number of halogens is 1. The molecule has 2 amide bonds. The molecule has 2 atom stereocenters. The smallest absolute Gasteiger partial charge is 0.269 e. The number of carbonyl (C=O) groups excluding carboxylic acids is 2. The van der Waals surface area contributed by atoms with Gasteiger partial charge < -0.3 is 9.47 Å². The molecule has 0 saturated heterocycles. The Morgan fingerprint density at radius 1 is 1.13 bits per heavy atom. The van der Waals surface area contributed by atoms with Gasteiger partial charge >= 0.3 is 0 Å². The number of amides is 2. The second kappa shape index (κ2) is 8.64. The van der Waals surface area contributed by atoms with Crippen molar-refractivity contribution in [1.29, 1.82) is 0 Å². The minimum atomic E-state index is -0.368. The molecule has 4 aliphatic rings. The molecule has 4 saturated carbocycles. The normalized spacial score (nSPS) is 30.9. The fourth-order valence-corrected chi connectivity index (χ4v) is 7.52. The number of hydrazine groups is 1. The maximum atomic E-state index is 13.1. The van der Waals surface area contributed by atoms with Crippen LogP contribution < -0.4 is 20.3 Å². The van der Waals surface area contributed by atoms with E-state index in [1.807, 2.05) is 0 Å². The van der Waals surface area contributed by atoms with E-state index in [0.29, 0.717) is 41.4 Å². The molecule has 1 aromatic carbocycles. The molecule has 2 unspecified atom stereocenters. The van der Waals surface area contributed by atoms with Crippen LogP contribution in [-0.4, -0.2) is 29.9 Å². The number of carbonyl (C=O) groups is 2. The molecule has 0 radical (unpaired) electrons. The first kappa shape index (κ1) is 22.4. The van der Waals surface area contributed by atoms with E-state index in [1.54, 1.807) is 25.3 Å². The lowest BCUT2D eigenvalue weighted by molar-refractivity contribution is -0.144. The molecule has 4 fully saturated rings. The Labute approximate surface area is 192 Å². The third-order valence-corrected chi connectivity index (χ3v) is 8.07. The molecule has 31 heavy (non-hydrogen) atoms. The maximum absolute atomic E-state index is 13.1. The molecule has 2 N–H and O–H groups in total. The van der Waals surface area contributed by atoms with Crippen molar-refractivity contribution in [2.45, 2.75) is 63.1 Å². The lowest BCUT2D eigenvalue weighted by atomic mass is 9.49. The van der Waals surface area contributed by atoms with Crippen molar-refractivity contribution in [2.24, 2.45) is 23.2 Å². The van der Waals surface area contributed by atoms with Crippen LogP contribution in [0.1, 0.15) is 69.2 Å². The van der Waals surface area contributed by atoms with E-state index in [-0.39, 0.29) is 21.6 Å². The average Bonchev–Trinajstić information content (AvgIpc) is 2.69. The Morgan fingerprint density at radius 3 is 2.45 bits per heavy atom. The molecular formula is C24H33BrN2O4. The number of rotatable bonds is 7. The molecule has 0 spiro atoms. The monoisotopic (exact) mass is 492 g/mol. The van der Waals surface area contributed by atoms with Crippen LogP contribution in [0.2, 0.25) is 0 Å². The predicted molar refractivity (Wildman–Crippen MR) is 122 cm³/mol. The summed E-state index contributed by atoms with van der Waals surface area (Å²) in [7, 11) is 1.55. The molecule has 7 heteroatoms. The molecule has 0 heterocycles. The Bertz CT molecular complexity index is 842. The molecule has 4 aliphatic carbocycles. The minimum absolute atomic E-state index is 0.0561. The quantitative estimate of drug-likeness (QED) is 0.430. The van der Waals surface area contributed by atoms with Gasteiger partial charge in [-0.2, -0.15) is 0 Å². The van der Waals surface area contributed by atoms with Gasteiger partial charge in [-0.05, 0) is 80.9 Å². The van der Waals surface area contributed by atoms with Crippen molar-refractivity contribution in [3.63, 3.8) is 0 Å². The van der Waals surface area contributed by atoms with Crippen LogP contribution in [0.25, 0.3) is 0 Å². The molecule has 6 nitrogen and oxygen atoms in total. The van der Waals surface area contributed by atoms with Crippen LogP contribution in [0.3, 0.4) is 0 Å². The first-order chi connectivity index (χ1) is 14.7. The van der Waals surface area contributed by atoms with Crippen LogP contribution >= 0.6 is 15.9 Å². The highest BCUT2D eigenvalue weighted by atomic mass is 79.9. The predicted octanol–water partition coefficient (Wildman–Crippen LogP) is 4.62. The summed E-state index contributed by atoms with van der Waals surface area (Å²) in [6.07, 6.45) is 7.21. The van der Waals surface area contributed by atoms with Gasteiger partial charge in [0.25, 0.3) is 5.91 Å². The zero-order valence-corrected chi connectivity index (χ0v) is 20.2. The maximum Gasteiger partial charge on any atom is 0.269 e. The number of hydrogen-bond donors (Lipinski definition) is 2. The largest absolute Gasteiger partial charge is 0.493 e. The first-order valence-electron chi connectivity index (χ1n) is 11.3. The third kappa shape index (κ3) is 4.71. The van der Waals surface area contributed by atoms with E-state index in [4.69, 9.17) is 9.47 Å². The fraction of sp³-hybridized carbons (Fsp3) is 0.667. The van der Waals surface area contributed by atoms with Gasteiger partial charge in [-0.15, -0.1) is 0 Å². The topological polar surface area (TPSA) is 76.7 Å². The third-order valence-electron chi connectivity index (χ3n) is 7.14. The van der Waals surface area contributed by atoms with Crippen LogP contribution in [0.4, 0.5) is 0 Å². The van der Waals surface area contributed by atoms with E-state index in [0.717, 1.165) is 38.5 Å². The SMILES string of the molecule is COc1cc(C(=O)NNC(=O)C23CC4CC(CC(Br)(C4)C2)C3)ccc1OCCC(C)C. The van der Waals surface area contributed by atoms with E-state index in [2.05, 4.69) is 40.6 Å². The van der Waals surface area contributed by atoms with Gasteiger partial charge in [-0.25, -0.2) is 0 Å². The van der Waals surface area contributed by atoms with Gasteiger partial charge in [0.05, 0.1) is 19.1 Å². The number of benzene rings is 1. The molecule has 5 rings (SSSR count). The number of hydrogen-bond acceptors (Lipinski definition) is 4. The van der Waals surface area contributed by atoms with Crippen molar-refractivity contribution in [1.82, 2.24) is 10.9 Å². The molecule has 0 aromatic heterocycles. The number of ether oxygens (including phenoxy) is 2. The van der Waals surface area contributed by atoms with Gasteiger partial charge in [0.15, 0.2) is 11.5 Å². The number of methoxy groups -OCH3 is 1. The van der Waals surface area contributed by atoms with Crippen molar-refractivity contribution < 1.29 is 19.1 Å². The summed E-state index contributed by atoms with van der Waals surface area (Å²) in [5.41, 5.74) is 5.38. The standard InChI is InChI=1S/C24H33BrN2O4/c1-15(2)6-7-31-19-5-4-18(9-20(19)30-3)21(28)26-27-22(29)23-10-16-8-17(11-23)13-24(25,12-16)14-23/h4-5,9,15-17H,6-8,10-14H2,1-3H3,(H,26,28)(H,27,29). The van der Waals surface area contributed by atoms with Crippen LogP contribution in [-0.2, 0) is 4.79 Å². The zero-order valence-electron chi connectivity index (χ0n) is 18.6. The summed E-state index contributed by atoms with van der Waals surface area (Å²) in [6, 6.07) is 5.07. The summed E-state index contributed by atoms with van der Waals surface area (Å²) in [5, 5.41) is 0. The second-order valence-corrected chi connectivity index (χ2v) is 11.9. The highest BCUT2D eigenvalue weighted by Gasteiger charge is 2.59. The van der Waals surface area contributed by atoms with E-state index in [9.17, 15) is 9.59 Å². The number of alkyl halides is 1. The highest BCUT2D eigenvalue weighted by Crippen LogP contribution is 2.64. The molecule has 1 aromatic rings. The van der Waals surface area contributed by atoms with Crippen LogP contribution in [0.5, 0.6) is 11.5 Å². The molecular weight excluding hydrogens is 460 g/mol. The van der Waals surface area contributed by atoms with Gasteiger partial charge in [0, 0.05) is 9.89 Å². The zero-order chi connectivity index (χ0) is 22.2. The Morgan fingerprint density at radius 2 is 1.84 bits per heavy atom. The van der Waals surface area contributed by atoms with E-state index < -0.39 is 0 Å².